The van der Waals surface area contributed by atoms with E-state index in [1.165, 1.54) is 30.4 Å². The maximum atomic E-state index is 13.5. The lowest BCUT2D eigenvalue weighted by Crippen LogP contribution is -2.53. The standard InChI is InChI=1S/C21H24FN3O2/c1-27-20-14-17(6-7-19(20)22)23-21(26)25-10-8-24(9-11-25)18-12-15-4-2-3-5-16(15)13-18/h2-7,14,18H,8-13H2,1H3,(H,23,26). The molecule has 1 aliphatic heterocycles. The number of ether oxygens (including phenoxy) is 1. The number of nitrogens with zero attached hydrogens (tertiary/aromatic N) is 2. The molecule has 6 heteroatoms. The fourth-order valence-corrected chi connectivity index (χ4v) is 4.02. The topological polar surface area (TPSA) is 44.8 Å². The van der Waals surface area contributed by atoms with E-state index in [-0.39, 0.29) is 11.8 Å². The molecule has 142 valence electrons. The summed E-state index contributed by atoms with van der Waals surface area (Å²) in [5.41, 5.74) is 3.44. The summed E-state index contributed by atoms with van der Waals surface area (Å²) in [6.45, 7) is 3.13. The smallest absolute Gasteiger partial charge is 0.321 e. The van der Waals surface area contributed by atoms with Crippen LogP contribution in [0.1, 0.15) is 11.1 Å². The molecule has 2 aliphatic rings. The summed E-state index contributed by atoms with van der Waals surface area (Å²) < 4.78 is 18.5. The van der Waals surface area contributed by atoms with Crippen molar-refractivity contribution in [3.8, 4) is 5.75 Å². The monoisotopic (exact) mass is 369 g/mol. The second-order valence-electron chi connectivity index (χ2n) is 7.13. The lowest BCUT2D eigenvalue weighted by atomic mass is 10.1. The van der Waals surface area contributed by atoms with E-state index in [2.05, 4.69) is 34.5 Å². The number of nitrogens with one attached hydrogen (secondary N) is 1. The van der Waals surface area contributed by atoms with Crippen molar-refractivity contribution in [2.75, 3.05) is 38.6 Å². The van der Waals surface area contributed by atoms with E-state index in [0.29, 0.717) is 24.8 Å². The first-order valence-corrected chi connectivity index (χ1v) is 9.34. The zero-order valence-corrected chi connectivity index (χ0v) is 15.5. The molecule has 0 atom stereocenters. The molecular formula is C21H24FN3O2. The molecule has 0 unspecified atom stereocenters. The lowest BCUT2D eigenvalue weighted by molar-refractivity contribution is 0.116. The summed E-state index contributed by atoms with van der Waals surface area (Å²) in [6, 6.07) is 13.4. The Balaban J connectivity index is 1.31. The minimum atomic E-state index is -0.443. The maximum absolute atomic E-state index is 13.5. The Morgan fingerprint density at radius 1 is 1.07 bits per heavy atom. The van der Waals surface area contributed by atoms with Gasteiger partial charge in [0.05, 0.1) is 7.11 Å². The molecule has 1 heterocycles. The highest BCUT2D eigenvalue weighted by Gasteiger charge is 2.30. The van der Waals surface area contributed by atoms with Gasteiger partial charge in [0.15, 0.2) is 11.6 Å². The maximum Gasteiger partial charge on any atom is 0.321 e. The van der Waals surface area contributed by atoms with E-state index in [1.54, 1.807) is 6.07 Å². The number of halogens is 1. The molecule has 1 N–H and O–H groups in total. The van der Waals surface area contributed by atoms with E-state index in [0.717, 1.165) is 25.9 Å². The first-order valence-electron chi connectivity index (χ1n) is 9.34. The van der Waals surface area contributed by atoms with E-state index in [4.69, 9.17) is 4.74 Å². The average Bonchev–Trinajstić information content (AvgIpc) is 3.14. The molecule has 2 aromatic carbocycles. The Bertz CT molecular complexity index is 809. The van der Waals surface area contributed by atoms with Crippen LogP contribution in [0.15, 0.2) is 42.5 Å². The molecule has 0 aromatic heterocycles. The number of urea groups is 1. The minimum absolute atomic E-state index is 0.124. The van der Waals surface area contributed by atoms with Gasteiger partial charge in [-0.15, -0.1) is 0 Å². The molecule has 4 rings (SSSR count). The lowest BCUT2D eigenvalue weighted by Gasteiger charge is -2.38. The van der Waals surface area contributed by atoms with E-state index < -0.39 is 5.82 Å². The molecule has 5 nitrogen and oxygen atoms in total. The third-order valence-corrected chi connectivity index (χ3v) is 5.55. The second-order valence-corrected chi connectivity index (χ2v) is 7.13. The van der Waals surface area contributed by atoms with Crippen LogP contribution in [0.25, 0.3) is 0 Å². The number of fused-ring (bicyclic) bond motifs is 1. The Hall–Kier alpha value is -2.60. The first-order chi connectivity index (χ1) is 13.1. The fraction of sp³-hybridized carbons (Fsp3) is 0.381. The van der Waals surface area contributed by atoms with Crippen LogP contribution in [0, 0.1) is 5.82 Å². The summed E-state index contributed by atoms with van der Waals surface area (Å²) in [5.74, 6) is -0.319. The van der Waals surface area contributed by atoms with Crippen LogP contribution in [-0.4, -0.2) is 55.2 Å². The van der Waals surface area contributed by atoms with Crippen molar-refractivity contribution >= 4 is 11.7 Å². The SMILES string of the molecule is COc1cc(NC(=O)N2CCN(C3Cc4ccccc4C3)CC2)ccc1F. The molecule has 27 heavy (non-hydrogen) atoms. The van der Waals surface area contributed by atoms with Gasteiger partial charge in [0, 0.05) is 44.0 Å². The number of amides is 2. The van der Waals surface area contributed by atoms with Crippen molar-refractivity contribution in [2.24, 2.45) is 0 Å². The third-order valence-electron chi connectivity index (χ3n) is 5.55. The molecule has 1 saturated heterocycles. The van der Waals surface area contributed by atoms with Crippen molar-refractivity contribution < 1.29 is 13.9 Å². The zero-order chi connectivity index (χ0) is 18.8. The molecule has 2 amide bonds. The van der Waals surface area contributed by atoms with E-state index in [1.807, 2.05) is 4.90 Å². The molecule has 0 saturated carbocycles. The number of carbonyl (C=O) groups is 1. The molecule has 0 spiro atoms. The average molecular weight is 369 g/mol. The Kier molecular flexibility index (Phi) is 4.99. The van der Waals surface area contributed by atoms with Crippen molar-refractivity contribution in [3.63, 3.8) is 0 Å². The van der Waals surface area contributed by atoms with Crippen LogP contribution >= 0.6 is 0 Å². The molecular weight excluding hydrogens is 345 g/mol. The summed E-state index contributed by atoms with van der Waals surface area (Å²) >= 11 is 0. The summed E-state index contributed by atoms with van der Waals surface area (Å²) in [7, 11) is 1.41. The summed E-state index contributed by atoms with van der Waals surface area (Å²) in [4.78, 5) is 16.8. The van der Waals surface area contributed by atoms with Gasteiger partial charge in [-0.3, -0.25) is 4.90 Å². The van der Waals surface area contributed by atoms with Gasteiger partial charge < -0.3 is 15.0 Å². The van der Waals surface area contributed by atoms with E-state index >= 15 is 0 Å². The molecule has 1 aliphatic carbocycles. The third kappa shape index (κ3) is 3.76. The van der Waals surface area contributed by atoms with Crippen molar-refractivity contribution in [3.05, 3.63) is 59.4 Å². The highest BCUT2D eigenvalue weighted by atomic mass is 19.1. The number of carbonyl (C=O) groups excluding carboxylic acids is 1. The van der Waals surface area contributed by atoms with Gasteiger partial charge >= 0.3 is 6.03 Å². The predicted octanol–water partition coefficient (Wildman–Crippen LogP) is 3.15. The van der Waals surface area contributed by atoms with Crippen LogP contribution in [0.4, 0.5) is 14.9 Å². The highest BCUT2D eigenvalue weighted by Crippen LogP contribution is 2.26. The van der Waals surface area contributed by atoms with Crippen LogP contribution in [-0.2, 0) is 12.8 Å². The van der Waals surface area contributed by atoms with Gasteiger partial charge in [-0.1, -0.05) is 24.3 Å². The Morgan fingerprint density at radius 3 is 2.37 bits per heavy atom. The number of methoxy groups -OCH3 is 1. The van der Waals surface area contributed by atoms with Crippen molar-refractivity contribution in [2.45, 2.75) is 18.9 Å². The van der Waals surface area contributed by atoms with Crippen LogP contribution in [0.5, 0.6) is 5.75 Å². The Morgan fingerprint density at radius 2 is 1.74 bits per heavy atom. The van der Waals surface area contributed by atoms with Crippen LogP contribution in [0.2, 0.25) is 0 Å². The number of anilines is 1. The molecule has 0 bridgehead atoms. The fourth-order valence-electron chi connectivity index (χ4n) is 4.02. The summed E-state index contributed by atoms with van der Waals surface area (Å²) in [6.07, 6.45) is 2.19. The van der Waals surface area contributed by atoms with Gasteiger partial charge in [-0.2, -0.15) is 0 Å². The van der Waals surface area contributed by atoms with Crippen LogP contribution < -0.4 is 10.1 Å². The van der Waals surface area contributed by atoms with Gasteiger partial charge in [0.25, 0.3) is 0 Å². The number of piperazine rings is 1. The van der Waals surface area contributed by atoms with Gasteiger partial charge in [-0.25, -0.2) is 9.18 Å². The Labute approximate surface area is 158 Å². The summed E-state index contributed by atoms with van der Waals surface area (Å²) in [5, 5.41) is 2.83. The number of hydrogen-bond donors (Lipinski definition) is 1. The number of rotatable bonds is 3. The zero-order valence-electron chi connectivity index (χ0n) is 15.5. The number of benzene rings is 2. The van der Waals surface area contributed by atoms with Crippen molar-refractivity contribution in [1.29, 1.82) is 0 Å². The highest BCUT2D eigenvalue weighted by molar-refractivity contribution is 5.89. The quantitative estimate of drug-likeness (QED) is 0.904. The van der Waals surface area contributed by atoms with Crippen molar-refractivity contribution in [1.82, 2.24) is 9.80 Å². The molecule has 1 fully saturated rings. The van der Waals surface area contributed by atoms with E-state index in [9.17, 15) is 9.18 Å². The number of hydrogen-bond acceptors (Lipinski definition) is 3. The van der Waals surface area contributed by atoms with Gasteiger partial charge in [0.2, 0.25) is 0 Å². The molecule has 0 radical (unpaired) electrons. The largest absolute Gasteiger partial charge is 0.494 e. The minimum Gasteiger partial charge on any atom is -0.494 e. The molecule has 2 aromatic rings. The predicted molar refractivity (Wildman–Crippen MR) is 103 cm³/mol. The van der Waals surface area contributed by atoms with Gasteiger partial charge in [-0.05, 0) is 36.1 Å². The first kappa shape index (κ1) is 17.8. The van der Waals surface area contributed by atoms with Gasteiger partial charge in [0.1, 0.15) is 0 Å². The second kappa shape index (κ2) is 7.56. The van der Waals surface area contributed by atoms with Crippen LogP contribution in [0.3, 0.4) is 0 Å². The normalized spacial score (nSPS) is 17.6.